The normalized spacial score (nSPS) is 14.2. The maximum Gasteiger partial charge on any atom is 0.159 e. The summed E-state index contributed by atoms with van der Waals surface area (Å²) in [5.74, 6) is 0.995. The lowest BCUT2D eigenvalue weighted by atomic mass is 10.0. The highest BCUT2D eigenvalue weighted by Crippen LogP contribution is 2.32. The van der Waals surface area contributed by atoms with Crippen molar-refractivity contribution >= 4 is 22.3 Å². The monoisotopic (exact) mass is 493 g/mol. The number of fused-ring (bicyclic) bond motifs is 1. The minimum atomic E-state index is -0.330. The Balaban J connectivity index is 1.40. The van der Waals surface area contributed by atoms with Crippen molar-refractivity contribution in [3.63, 3.8) is 0 Å². The van der Waals surface area contributed by atoms with Gasteiger partial charge >= 0.3 is 0 Å². The van der Waals surface area contributed by atoms with Crippen LogP contribution in [0.25, 0.3) is 39.4 Å². The molecule has 5 heterocycles. The zero-order chi connectivity index (χ0) is 25.5. The molecule has 1 fully saturated rings. The van der Waals surface area contributed by atoms with Crippen LogP contribution in [-0.2, 0) is 0 Å². The van der Waals surface area contributed by atoms with Crippen LogP contribution in [0.3, 0.4) is 0 Å². The van der Waals surface area contributed by atoms with Crippen LogP contribution in [0.15, 0.2) is 67.7 Å². The minimum Gasteiger partial charge on any atom is -0.352 e. The molecule has 184 valence electrons. The second-order valence-corrected chi connectivity index (χ2v) is 8.97. The van der Waals surface area contributed by atoms with Crippen molar-refractivity contribution in [3.05, 3.63) is 90.4 Å². The van der Waals surface area contributed by atoms with E-state index in [0.29, 0.717) is 39.7 Å². The Kier molecular flexibility index (Phi) is 5.57. The van der Waals surface area contributed by atoms with Gasteiger partial charge in [-0.15, -0.1) is 0 Å². The molecular weight excluding hydrogens is 469 g/mol. The number of pyridine rings is 1. The van der Waals surface area contributed by atoms with Crippen LogP contribution < -0.4 is 10.6 Å². The number of nitrogens with two attached hydrogens (primary N) is 1. The number of allylic oxidation sites excluding steroid dienone is 2. The summed E-state index contributed by atoms with van der Waals surface area (Å²) >= 11 is 0. The molecule has 0 radical (unpaired) electrons. The van der Waals surface area contributed by atoms with Gasteiger partial charge in [-0.2, -0.15) is 5.10 Å². The Morgan fingerprint density at radius 2 is 2.00 bits per heavy atom. The van der Waals surface area contributed by atoms with Crippen molar-refractivity contribution in [2.24, 2.45) is 5.73 Å². The molecule has 4 N–H and O–H groups in total. The fourth-order valence-electron chi connectivity index (χ4n) is 4.50. The number of benzene rings is 1. The minimum absolute atomic E-state index is 0.162. The van der Waals surface area contributed by atoms with E-state index < -0.39 is 0 Å². The molecule has 0 unspecified atom stereocenters. The van der Waals surface area contributed by atoms with E-state index in [2.05, 4.69) is 36.6 Å². The van der Waals surface area contributed by atoms with Crippen LogP contribution >= 0.6 is 0 Å². The molecule has 0 atom stereocenters. The Labute approximate surface area is 212 Å². The zero-order valence-corrected chi connectivity index (χ0v) is 20.1. The summed E-state index contributed by atoms with van der Waals surface area (Å²) in [6, 6.07) is 8.69. The standard InChI is InChI=1S/C27H24FN9/c1-3-6-18(17-7-4-5-8-20(17)28)25-15(2)32-27(34-25)26-19-9-21(31-11-22(19)35-36-26)23-10-30-12-24(33-23)37-13-16(29)14-37/h3-12,16H,1,13-14,29H2,2H3,(H,32,34)(H,35,36)/b18-6-. The van der Waals surface area contributed by atoms with Gasteiger partial charge in [0.15, 0.2) is 5.82 Å². The van der Waals surface area contributed by atoms with Crippen LogP contribution in [0.1, 0.15) is 17.0 Å². The largest absolute Gasteiger partial charge is 0.352 e. The average molecular weight is 494 g/mol. The summed E-state index contributed by atoms with van der Waals surface area (Å²) in [6.07, 6.45) is 8.52. The Morgan fingerprint density at radius 3 is 2.78 bits per heavy atom. The number of anilines is 1. The van der Waals surface area contributed by atoms with E-state index in [-0.39, 0.29) is 11.9 Å². The molecule has 0 aliphatic carbocycles. The highest BCUT2D eigenvalue weighted by molar-refractivity contribution is 5.93. The Morgan fingerprint density at radius 1 is 1.16 bits per heavy atom. The highest BCUT2D eigenvalue weighted by atomic mass is 19.1. The number of nitrogens with one attached hydrogen (secondary N) is 2. The lowest BCUT2D eigenvalue weighted by Gasteiger charge is -2.37. The summed E-state index contributed by atoms with van der Waals surface area (Å²) in [5, 5.41) is 8.34. The molecule has 1 saturated heterocycles. The van der Waals surface area contributed by atoms with E-state index in [9.17, 15) is 4.39 Å². The third-order valence-electron chi connectivity index (χ3n) is 6.38. The van der Waals surface area contributed by atoms with Crippen molar-refractivity contribution in [2.45, 2.75) is 13.0 Å². The molecule has 4 aromatic heterocycles. The summed E-state index contributed by atoms with van der Waals surface area (Å²) in [7, 11) is 0. The maximum atomic E-state index is 14.6. The van der Waals surface area contributed by atoms with Crippen molar-refractivity contribution < 1.29 is 4.39 Å². The first-order valence-corrected chi connectivity index (χ1v) is 11.8. The topological polar surface area (TPSA) is 125 Å². The number of aryl methyl sites for hydroxylation is 1. The molecule has 0 bridgehead atoms. The number of rotatable bonds is 6. The van der Waals surface area contributed by atoms with Crippen molar-refractivity contribution in [3.8, 4) is 22.9 Å². The third-order valence-corrected chi connectivity index (χ3v) is 6.38. The summed E-state index contributed by atoms with van der Waals surface area (Å²) in [6.45, 7) is 7.20. The smallest absolute Gasteiger partial charge is 0.159 e. The fraction of sp³-hybridized carbons (Fsp3) is 0.148. The lowest BCUT2D eigenvalue weighted by Crippen LogP contribution is -2.56. The maximum absolute atomic E-state index is 14.6. The van der Waals surface area contributed by atoms with Gasteiger partial charge in [0.2, 0.25) is 0 Å². The fourth-order valence-corrected chi connectivity index (χ4v) is 4.50. The predicted molar refractivity (Wildman–Crippen MR) is 141 cm³/mol. The van der Waals surface area contributed by atoms with E-state index in [1.807, 2.05) is 13.0 Å². The number of hydrogen-bond acceptors (Lipinski definition) is 7. The van der Waals surface area contributed by atoms with Gasteiger partial charge in [0.25, 0.3) is 0 Å². The molecule has 1 aliphatic heterocycles. The van der Waals surface area contributed by atoms with Crippen molar-refractivity contribution in [1.82, 2.24) is 35.1 Å². The second-order valence-electron chi connectivity index (χ2n) is 8.97. The summed E-state index contributed by atoms with van der Waals surface area (Å²) in [4.78, 5) is 23.9. The van der Waals surface area contributed by atoms with Crippen molar-refractivity contribution in [2.75, 3.05) is 18.0 Å². The van der Waals surface area contributed by atoms with Crippen LogP contribution in [0.4, 0.5) is 10.2 Å². The van der Waals surface area contributed by atoms with Gasteiger partial charge < -0.3 is 15.6 Å². The van der Waals surface area contributed by atoms with Gasteiger partial charge in [0.05, 0.1) is 35.5 Å². The van der Waals surface area contributed by atoms with Crippen LogP contribution in [0, 0.1) is 12.7 Å². The summed E-state index contributed by atoms with van der Waals surface area (Å²) < 4.78 is 14.6. The summed E-state index contributed by atoms with van der Waals surface area (Å²) in [5.41, 5.74) is 11.1. The number of aromatic amines is 2. The first-order valence-electron chi connectivity index (χ1n) is 11.8. The number of aromatic nitrogens is 7. The molecule has 0 saturated carbocycles. The van der Waals surface area contributed by atoms with Crippen LogP contribution in [0.2, 0.25) is 0 Å². The molecule has 10 heteroatoms. The lowest BCUT2D eigenvalue weighted by molar-refractivity contribution is 0.514. The Bertz CT molecular complexity index is 1660. The van der Waals surface area contributed by atoms with E-state index in [1.54, 1.807) is 48.9 Å². The van der Waals surface area contributed by atoms with Gasteiger partial charge in [-0.1, -0.05) is 36.9 Å². The Hall–Kier alpha value is -4.70. The van der Waals surface area contributed by atoms with E-state index in [4.69, 9.17) is 15.7 Å². The van der Waals surface area contributed by atoms with E-state index in [1.165, 1.54) is 6.07 Å². The van der Waals surface area contributed by atoms with Gasteiger partial charge in [0, 0.05) is 41.3 Å². The quantitative estimate of drug-likeness (QED) is 0.305. The second kappa shape index (κ2) is 9.07. The van der Waals surface area contributed by atoms with Crippen LogP contribution in [-0.4, -0.2) is 54.2 Å². The number of hydrogen-bond donors (Lipinski definition) is 3. The highest BCUT2D eigenvalue weighted by Gasteiger charge is 2.25. The molecule has 1 aromatic carbocycles. The van der Waals surface area contributed by atoms with Gasteiger partial charge in [-0.05, 0) is 19.1 Å². The third kappa shape index (κ3) is 4.07. The first kappa shape index (κ1) is 22.7. The number of nitrogens with zero attached hydrogens (tertiary/aromatic N) is 6. The van der Waals surface area contributed by atoms with Crippen LogP contribution in [0.5, 0.6) is 0 Å². The first-order chi connectivity index (χ1) is 18.0. The molecule has 37 heavy (non-hydrogen) atoms. The zero-order valence-electron chi connectivity index (χ0n) is 20.1. The van der Waals surface area contributed by atoms with E-state index in [0.717, 1.165) is 35.5 Å². The molecule has 6 rings (SSSR count). The van der Waals surface area contributed by atoms with Gasteiger partial charge in [-0.3, -0.25) is 15.1 Å². The van der Waals surface area contributed by atoms with Gasteiger partial charge in [0.1, 0.15) is 23.0 Å². The van der Waals surface area contributed by atoms with Gasteiger partial charge in [-0.25, -0.2) is 14.4 Å². The molecule has 0 spiro atoms. The molecular formula is C27H24FN9. The van der Waals surface area contributed by atoms with E-state index >= 15 is 0 Å². The predicted octanol–water partition coefficient (Wildman–Crippen LogP) is 4.02. The molecule has 5 aromatic rings. The molecule has 1 aliphatic rings. The molecule has 9 nitrogen and oxygen atoms in total. The number of imidazole rings is 1. The molecule has 0 amide bonds. The number of halogens is 1. The number of H-pyrrole nitrogens is 2. The average Bonchev–Trinajstić information content (AvgIpc) is 3.49. The SMILES string of the molecule is C=C/C=C(/c1ccccc1F)c1nc(-c2n[nH]c3cnc(-c4cncc(N5CC(N)C5)n4)cc23)[nH]c1C. The van der Waals surface area contributed by atoms with Crippen molar-refractivity contribution in [1.29, 1.82) is 0 Å².